The van der Waals surface area contributed by atoms with E-state index < -0.39 is 11.9 Å². The molecule has 1 aromatic rings. The Labute approximate surface area is 91.8 Å². The first-order chi connectivity index (χ1) is 7.61. The van der Waals surface area contributed by atoms with E-state index >= 15 is 0 Å². The molecule has 0 fully saturated rings. The van der Waals surface area contributed by atoms with Crippen molar-refractivity contribution in [3.8, 4) is 0 Å². The van der Waals surface area contributed by atoms with E-state index in [1.165, 1.54) is 0 Å². The van der Waals surface area contributed by atoms with Crippen LogP contribution >= 0.6 is 0 Å². The van der Waals surface area contributed by atoms with Crippen molar-refractivity contribution < 1.29 is 14.4 Å². The quantitative estimate of drug-likeness (QED) is 0.383. The van der Waals surface area contributed by atoms with E-state index in [1.807, 2.05) is 0 Å². The maximum Gasteiger partial charge on any atom is 0.349 e. The number of amides is 1. The first kappa shape index (κ1) is 11.7. The molecule has 6 nitrogen and oxygen atoms in total. The van der Waals surface area contributed by atoms with E-state index in [4.69, 9.17) is 5.73 Å². The summed E-state index contributed by atoms with van der Waals surface area (Å²) in [7, 11) is 0. The van der Waals surface area contributed by atoms with Gasteiger partial charge in [-0.2, -0.15) is 5.90 Å². The number of carbonyl (C=O) groups excluding carboxylic acids is 2. The van der Waals surface area contributed by atoms with E-state index in [-0.39, 0.29) is 0 Å². The normalized spacial score (nSPS) is 10.1. The summed E-state index contributed by atoms with van der Waals surface area (Å²) in [6.07, 6.45) is 1.94. The van der Waals surface area contributed by atoms with Crippen LogP contribution in [0.2, 0.25) is 0 Å². The molecule has 0 saturated carbocycles. The first-order valence-electron chi connectivity index (χ1n) is 4.37. The van der Waals surface area contributed by atoms with Crippen molar-refractivity contribution in [2.24, 2.45) is 5.90 Å². The number of rotatable bonds is 3. The van der Waals surface area contributed by atoms with Crippen molar-refractivity contribution in [3.63, 3.8) is 0 Å². The minimum atomic E-state index is -0.799. The second-order valence-corrected chi connectivity index (χ2v) is 2.88. The molecule has 0 aromatic heterocycles. The second-order valence-electron chi connectivity index (χ2n) is 2.88. The molecule has 0 aliphatic heterocycles. The third kappa shape index (κ3) is 3.81. The summed E-state index contributed by atoms with van der Waals surface area (Å²) in [5.74, 6) is 3.32. The van der Waals surface area contributed by atoms with E-state index in [0.717, 1.165) is 12.2 Å². The number of hydrogen-bond acceptors (Lipinski definition) is 5. The molecular formula is C10H11N3O3. The van der Waals surface area contributed by atoms with Gasteiger partial charge < -0.3 is 15.9 Å². The zero-order valence-electron chi connectivity index (χ0n) is 8.34. The van der Waals surface area contributed by atoms with Crippen molar-refractivity contribution in [1.82, 2.24) is 0 Å². The van der Waals surface area contributed by atoms with Gasteiger partial charge in [-0.1, -0.05) is 0 Å². The summed E-state index contributed by atoms with van der Waals surface area (Å²) in [6, 6.07) is 6.58. The van der Waals surface area contributed by atoms with Gasteiger partial charge >= 0.3 is 5.97 Å². The van der Waals surface area contributed by atoms with Crippen LogP contribution in [0.4, 0.5) is 11.4 Å². The van der Waals surface area contributed by atoms with Gasteiger partial charge in [0, 0.05) is 23.5 Å². The number of nitrogens with one attached hydrogen (secondary N) is 1. The predicted molar refractivity (Wildman–Crippen MR) is 58.9 cm³/mol. The summed E-state index contributed by atoms with van der Waals surface area (Å²) in [5, 5.41) is 2.52. The second kappa shape index (κ2) is 5.52. The SMILES string of the molecule is NOC(=O)C=CC(=O)Nc1ccc(N)cc1. The fourth-order valence-corrected chi connectivity index (χ4v) is 0.933. The van der Waals surface area contributed by atoms with Crippen LogP contribution in [-0.2, 0) is 14.4 Å². The van der Waals surface area contributed by atoms with Gasteiger partial charge in [-0.3, -0.25) is 4.79 Å². The van der Waals surface area contributed by atoms with Gasteiger partial charge in [0.2, 0.25) is 5.91 Å². The summed E-state index contributed by atoms with van der Waals surface area (Å²) in [5.41, 5.74) is 6.64. The highest BCUT2D eigenvalue weighted by Crippen LogP contribution is 2.10. The number of carbonyl (C=O) groups is 2. The Morgan fingerprint density at radius 3 is 2.38 bits per heavy atom. The largest absolute Gasteiger partial charge is 0.399 e. The molecule has 0 atom stereocenters. The Kier molecular flexibility index (Phi) is 4.05. The van der Waals surface area contributed by atoms with Crippen LogP contribution in [0.3, 0.4) is 0 Å². The molecule has 0 heterocycles. The molecule has 1 rings (SSSR count). The van der Waals surface area contributed by atoms with Gasteiger partial charge in [-0.15, -0.1) is 0 Å². The number of benzene rings is 1. The monoisotopic (exact) mass is 221 g/mol. The Hall–Kier alpha value is -2.34. The maximum absolute atomic E-state index is 11.2. The fourth-order valence-electron chi connectivity index (χ4n) is 0.933. The molecule has 0 aliphatic rings. The summed E-state index contributed by atoms with van der Waals surface area (Å²) >= 11 is 0. The standard InChI is InChI=1S/C10H11N3O3/c11-7-1-3-8(4-2-7)13-9(14)5-6-10(15)16-12/h1-6H,11-12H2,(H,13,14). The molecule has 0 radical (unpaired) electrons. The van der Waals surface area contributed by atoms with Crippen LogP contribution in [0.15, 0.2) is 36.4 Å². The summed E-state index contributed by atoms with van der Waals surface area (Å²) in [6.45, 7) is 0. The number of hydrogen-bond donors (Lipinski definition) is 3. The molecule has 0 unspecified atom stereocenters. The van der Waals surface area contributed by atoms with Crippen LogP contribution in [0.5, 0.6) is 0 Å². The van der Waals surface area contributed by atoms with Crippen molar-refractivity contribution in [1.29, 1.82) is 0 Å². The van der Waals surface area contributed by atoms with Gasteiger partial charge in [0.15, 0.2) is 0 Å². The zero-order chi connectivity index (χ0) is 12.0. The Bertz CT molecular complexity index is 412. The van der Waals surface area contributed by atoms with E-state index in [9.17, 15) is 9.59 Å². The molecule has 6 heteroatoms. The van der Waals surface area contributed by atoms with Gasteiger partial charge in [0.25, 0.3) is 0 Å². The van der Waals surface area contributed by atoms with Crippen molar-refractivity contribution in [2.75, 3.05) is 11.1 Å². The van der Waals surface area contributed by atoms with Crippen molar-refractivity contribution >= 4 is 23.3 Å². The van der Waals surface area contributed by atoms with Gasteiger partial charge in [0.1, 0.15) is 0 Å². The average Bonchev–Trinajstić information content (AvgIpc) is 2.29. The molecule has 0 saturated heterocycles. The van der Waals surface area contributed by atoms with Crippen LogP contribution in [-0.4, -0.2) is 11.9 Å². The molecule has 0 spiro atoms. The molecule has 1 aromatic carbocycles. The van der Waals surface area contributed by atoms with E-state index in [1.54, 1.807) is 24.3 Å². The predicted octanol–water partition coefficient (Wildman–Crippen LogP) is 0.180. The summed E-state index contributed by atoms with van der Waals surface area (Å²) in [4.78, 5) is 25.7. The molecule has 16 heavy (non-hydrogen) atoms. The lowest BCUT2D eigenvalue weighted by atomic mass is 10.3. The van der Waals surface area contributed by atoms with Crippen LogP contribution in [0.25, 0.3) is 0 Å². The highest BCUT2D eigenvalue weighted by atomic mass is 16.7. The summed E-state index contributed by atoms with van der Waals surface area (Å²) < 4.78 is 0. The Balaban J connectivity index is 2.55. The van der Waals surface area contributed by atoms with E-state index in [0.29, 0.717) is 11.4 Å². The van der Waals surface area contributed by atoms with Crippen molar-refractivity contribution in [2.45, 2.75) is 0 Å². The number of anilines is 2. The number of nitrogen functional groups attached to an aromatic ring is 1. The maximum atomic E-state index is 11.2. The van der Waals surface area contributed by atoms with Gasteiger partial charge in [0.05, 0.1) is 0 Å². The molecule has 0 bridgehead atoms. The first-order valence-corrected chi connectivity index (χ1v) is 4.37. The van der Waals surface area contributed by atoms with Crippen molar-refractivity contribution in [3.05, 3.63) is 36.4 Å². The lowest BCUT2D eigenvalue weighted by Gasteiger charge is -2.01. The minimum Gasteiger partial charge on any atom is -0.399 e. The third-order valence-electron chi connectivity index (χ3n) is 1.67. The lowest BCUT2D eigenvalue weighted by molar-refractivity contribution is -0.138. The van der Waals surface area contributed by atoms with Gasteiger partial charge in [-0.05, 0) is 24.3 Å². The highest BCUT2D eigenvalue weighted by Gasteiger charge is 1.99. The highest BCUT2D eigenvalue weighted by molar-refractivity contribution is 6.02. The fraction of sp³-hybridized carbons (Fsp3) is 0. The average molecular weight is 221 g/mol. The topological polar surface area (TPSA) is 107 Å². The molecule has 84 valence electrons. The third-order valence-corrected chi connectivity index (χ3v) is 1.67. The van der Waals surface area contributed by atoms with Crippen LogP contribution in [0.1, 0.15) is 0 Å². The lowest BCUT2D eigenvalue weighted by Crippen LogP contribution is -2.11. The molecular weight excluding hydrogens is 210 g/mol. The molecule has 1 amide bonds. The van der Waals surface area contributed by atoms with Crippen LogP contribution in [0, 0.1) is 0 Å². The van der Waals surface area contributed by atoms with E-state index in [2.05, 4.69) is 16.1 Å². The smallest absolute Gasteiger partial charge is 0.349 e. The van der Waals surface area contributed by atoms with Gasteiger partial charge in [-0.25, -0.2) is 4.79 Å². The Morgan fingerprint density at radius 1 is 1.19 bits per heavy atom. The molecule has 5 N–H and O–H groups in total. The number of nitrogens with two attached hydrogens (primary N) is 2. The Morgan fingerprint density at radius 2 is 1.81 bits per heavy atom. The zero-order valence-corrected chi connectivity index (χ0v) is 8.34. The molecule has 0 aliphatic carbocycles. The van der Waals surface area contributed by atoms with Crippen LogP contribution < -0.4 is 16.9 Å². The minimum absolute atomic E-state index is 0.463.